The summed E-state index contributed by atoms with van der Waals surface area (Å²) >= 11 is 0. The summed E-state index contributed by atoms with van der Waals surface area (Å²) < 4.78 is 32.1. The lowest BCUT2D eigenvalue weighted by Crippen LogP contribution is -2.15. The highest BCUT2D eigenvalue weighted by molar-refractivity contribution is 7.92. The Morgan fingerprint density at radius 2 is 2.10 bits per heavy atom. The van der Waals surface area contributed by atoms with Crippen LogP contribution in [-0.2, 0) is 27.8 Å². The minimum Gasteiger partial charge on any atom is -0.380 e. The van der Waals surface area contributed by atoms with Gasteiger partial charge in [0.05, 0.1) is 18.5 Å². The van der Waals surface area contributed by atoms with Gasteiger partial charge in [0.1, 0.15) is 5.82 Å². The molecule has 7 heteroatoms. The number of rotatable bonds is 6. The molecule has 108 valence electrons. The Morgan fingerprint density at radius 3 is 2.75 bits per heavy atom. The van der Waals surface area contributed by atoms with Crippen LogP contribution in [0.25, 0.3) is 0 Å². The van der Waals surface area contributed by atoms with E-state index < -0.39 is 10.0 Å². The molecule has 0 bridgehead atoms. The summed E-state index contributed by atoms with van der Waals surface area (Å²) in [6.07, 6.45) is 1.97. The van der Waals surface area contributed by atoms with Crippen molar-refractivity contribution in [1.82, 2.24) is 9.97 Å². The van der Waals surface area contributed by atoms with Gasteiger partial charge in [-0.3, -0.25) is 4.72 Å². The monoisotopic (exact) mass is 295 g/mol. The van der Waals surface area contributed by atoms with Crippen LogP contribution in [0, 0.1) is 0 Å². The first kappa shape index (κ1) is 14.5. The number of anilines is 1. The lowest BCUT2D eigenvalue weighted by Gasteiger charge is -2.10. The Labute approximate surface area is 118 Å². The molecule has 20 heavy (non-hydrogen) atoms. The Bertz CT molecular complexity index is 680. The van der Waals surface area contributed by atoms with Crippen molar-refractivity contribution in [2.24, 2.45) is 0 Å². The molecule has 2 rings (SSSR count). The van der Waals surface area contributed by atoms with Gasteiger partial charge in [-0.15, -0.1) is 0 Å². The van der Waals surface area contributed by atoms with Crippen molar-refractivity contribution in [3.63, 3.8) is 0 Å². The highest BCUT2D eigenvalue weighted by Crippen LogP contribution is 2.20. The fourth-order valence-corrected chi connectivity index (χ4v) is 2.80. The van der Waals surface area contributed by atoms with Gasteiger partial charge in [-0.05, 0) is 6.07 Å². The molecular weight excluding hydrogens is 278 g/mol. The predicted octanol–water partition coefficient (Wildman–Crippen LogP) is 1.92. The van der Waals surface area contributed by atoms with Crippen molar-refractivity contribution in [3.8, 4) is 0 Å². The average molecular weight is 295 g/mol. The highest BCUT2D eigenvalue weighted by atomic mass is 32.2. The number of sulfonamides is 1. The zero-order valence-corrected chi connectivity index (χ0v) is 12.2. The summed E-state index contributed by atoms with van der Waals surface area (Å²) in [5.41, 5.74) is 1.27. The van der Waals surface area contributed by atoms with E-state index in [1.165, 1.54) is 6.20 Å². The van der Waals surface area contributed by atoms with Crippen molar-refractivity contribution in [1.29, 1.82) is 0 Å². The first-order chi connectivity index (χ1) is 9.56. The van der Waals surface area contributed by atoms with E-state index in [1.54, 1.807) is 19.2 Å². The molecule has 0 amide bonds. The Balaban J connectivity index is 2.28. The van der Waals surface area contributed by atoms with Gasteiger partial charge in [0.2, 0.25) is 0 Å². The van der Waals surface area contributed by atoms with E-state index in [4.69, 9.17) is 4.74 Å². The summed E-state index contributed by atoms with van der Waals surface area (Å²) in [7, 11) is -2.10. The van der Waals surface area contributed by atoms with Gasteiger partial charge in [-0.25, -0.2) is 4.98 Å². The van der Waals surface area contributed by atoms with Crippen molar-refractivity contribution in [2.45, 2.75) is 25.0 Å². The van der Waals surface area contributed by atoms with Crippen LogP contribution >= 0.6 is 0 Å². The second-order valence-corrected chi connectivity index (χ2v) is 5.89. The van der Waals surface area contributed by atoms with E-state index in [-0.39, 0.29) is 5.03 Å². The van der Waals surface area contributed by atoms with Crippen molar-refractivity contribution >= 4 is 15.7 Å². The molecule has 0 radical (unpaired) electrons. The van der Waals surface area contributed by atoms with Gasteiger partial charge in [-0.2, -0.15) is 8.42 Å². The molecule has 2 aromatic rings. The van der Waals surface area contributed by atoms with Crippen molar-refractivity contribution in [2.75, 3.05) is 11.8 Å². The number of ether oxygens (including phenoxy) is 1. The Morgan fingerprint density at radius 1 is 1.35 bits per heavy atom. The van der Waals surface area contributed by atoms with Gasteiger partial charge in [0.15, 0.2) is 5.03 Å². The molecule has 0 atom stereocenters. The molecule has 0 aliphatic carbocycles. The molecule has 1 aromatic carbocycles. The number of methoxy groups -OCH3 is 1. The number of aromatic amines is 1. The molecule has 0 aliphatic rings. The molecule has 6 nitrogen and oxygen atoms in total. The number of para-hydroxylation sites is 1. The Hall–Kier alpha value is -1.86. The molecule has 0 fully saturated rings. The molecule has 0 spiro atoms. The minimum absolute atomic E-state index is 0.0570. The first-order valence-electron chi connectivity index (χ1n) is 6.20. The quantitative estimate of drug-likeness (QED) is 0.852. The molecule has 0 unspecified atom stereocenters. The van der Waals surface area contributed by atoms with Crippen molar-refractivity contribution in [3.05, 3.63) is 41.9 Å². The summed E-state index contributed by atoms with van der Waals surface area (Å²) in [6.45, 7) is 2.23. The number of imidazole rings is 1. The van der Waals surface area contributed by atoms with E-state index in [1.807, 2.05) is 19.1 Å². The van der Waals surface area contributed by atoms with E-state index >= 15 is 0 Å². The maximum Gasteiger partial charge on any atom is 0.278 e. The number of H-pyrrole nitrogens is 1. The van der Waals surface area contributed by atoms with Crippen LogP contribution in [0.4, 0.5) is 5.69 Å². The standard InChI is InChI=1S/C13H17N3O3S/c1-3-12-14-8-13(15-12)20(17,18)16-11-7-5-4-6-10(11)9-19-2/h4-8,16H,3,9H2,1-2H3,(H,14,15). The maximum atomic E-state index is 12.3. The predicted molar refractivity (Wildman–Crippen MR) is 75.9 cm³/mol. The number of aryl methyl sites for hydroxylation is 1. The average Bonchev–Trinajstić information content (AvgIpc) is 2.91. The SMILES string of the molecule is CCc1ncc(S(=O)(=O)Nc2ccccc2COC)[nH]1. The highest BCUT2D eigenvalue weighted by Gasteiger charge is 2.18. The third-order valence-corrected chi connectivity index (χ3v) is 4.07. The fourth-order valence-electron chi connectivity index (χ4n) is 1.76. The van der Waals surface area contributed by atoms with Gasteiger partial charge in [0, 0.05) is 19.1 Å². The molecule has 0 aliphatic heterocycles. The van der Waals surface area contributed by atoms with E-state index in [9.17, 15) is 8.42 Å². The normalized spacial score (nSPS) is 11.5. The van der Waals surface area contributed by atoms with E-state index in [2.05, 4.69) is 14.7 Å². The molecule has 0 saturated heterocycles. The number of benzene rings is 1. The smallest absolute Gasteiger partial charge is 0.278 e. The van der Waals surface area contributed by atoms with Gasteiger partial charge < -0.3 is 9.72 Å². The summed E-state index contributed by atoms with van der Waals surface area (Å²) in [6, 6.07) is 7.10. The third kappa shape index (κ3) is 3.17. The van der Waals surface area contributed by atoms with Crippen molar-refractivity contribution < 1.29 is 13.2 Å². The number of hydrogen-bond acceptors (Lipinski definition) is 4. The third-order valence-electron chi connectivity index (χ3n) is 2.79. The van der Waals surface area contributed by atoms with Crippen LogP contribution in [0.5, 0.6) is 0 Å². The van der Waals surface area contributed by atoms with Gasteiger partial charge in [0.25, 0.3) is 10.0 Å². The molecule has 1 aromatic heterocycles. The van der Waals surface area contributed by atoms with E-state index in [0.29, 0.717) is 24.5 Å². The first-order valence-corrected chi connectivity index (χ1v) is 7.68. The topological polar surface area (TPSA) is 84.1 Å². The lowest BCUT2D eigenvalue weighted by molar-refractivity contribution is 0.185. The summed E-state index contributed by atoms with van der Waals surface area (Å²) in [4.78, 5) is 6.78. The number of hydrogen-bond donors (Lipinski definition) is 2. The van der Waals surface area contributed by atoms with Crippen LogP contribution in [0.3, 0.4) is 0 Å². The van der Waals surface area contributed by atoms with E-state index in [0.717, 1.165) is 5.56 Å². The summed E-state index contributed by atoms with van der Waals surface area (Å²) in [5.74, 6) is 0.635. The van der Waals surface area contributed by atoms with Crippen LogP contribution in [0.1, 0.15) is 18.3 Å². The second kappa shape index (κ2) is 6.06. The largest absolute Gasteiger partial charge is 0.380 e. The van der Waals surface area contributed by atoms with Crippen LogP contribution < -0.4 is 4.72 Å². The number of nitrogens with one attached hydrogen (secondary N) is 2. The number of aromatic nitrogens is 2. The van der Waals surface area contributed by atoms with Gasteiger partial charge in [-0.1, -0.05) is 25.1 Å². The molecular formula is C13H17N3O3S. The Kier molecular flexibility index (Phi) is 4.41. The summed E-state index contributed by atoms with van der Waals surface area (Å²) in [5, 5.41) is 0.0570. The lowest BCUT2D eigenvalue weighted by atomic mass is 10.2. The van der Waals surface area contributed by atoms with Gasteiger partial charge >= 0.3 is 0 Å². The number of nitrogens with zero attached hydrogens (tertiary/aromatic N) is 1. The molecule has 1 heterocycles. The fraction of sp³-hybridized carbons (Fsp3) is 0.308. The van der Waals surface area contributed by atoms with Crippen LogP contribution in [0.15, 0.2) is 35.5 Å². The van der Waals surface area contributed by atoms with Crippen LogP contribution in [0.2, 0.25) is 0 Å². The zero-order valence-electron chi connectivity index (χ0n) is 11.4. The maximum absolute atomic E-state index is 12.3. The molecule has 0 saturated carbocycles. The van der Waals surface area contributed by atoms with Crippen LogP contribution in [-0.4, -0.2) is 25.5 Å². The molecule has 2 N–H and O–H groups in total. The second-order valence-electron chi connectivity index (χ2n) is 4.24. The zero-order chi connectivity index (χ0) is 14.6. The minimum atomic E-state index is -3.67.